The van der Waals surface area contributed by atoms with Crippen LogP contribution in [0.4, 0.5) is 5.95 Å². The molecule has 3 aromatic rings. The van der Waals surface area contributed by atoms with Crippen LogP contribution in [0.15, 0.2) is 65.7 Å². The fourth-order valence-corrected chi connectivity index (χ4v) is 3.22. The molecule has 0 unspecified atom stereocenters. The van der Waals surface area contributed by atoms with Crippen molar-refractivity contribution in [3.05, 3.63) is 66.9 Å². The van der Waals surface area contributed by atoms with Gasteiger partial charge in [-0.3, -0.25) is 4.79 Å². The number of rotatable bonds is 3. The molecule has 1 fully saturated rings. The predicted octanol–water partition coefficient (Wildman–Crippen LogP) is 3.09. The molecule has 4 rings (SSSR count). The molecule has 0 radical (unpaired) electrons. The first kappa shape index (κ1) is 16.3. The third-order valence-corrected chi connectivity index (χ3v) is 4.58. The number of furan rings is 1. The van der Waals surface area contributed by atoms with E-state index >= 15 is 0 Å². The third-order valence-electron chi connectivity index (χ3n) is 4.58. The van der Waals surface area contributed by atoms with Crippen LogP contribution in [-0.4, -0.2) is 47.0 Å². The third kappa shape index (κ3) is 3.44. The van der Waals surface area contributed by atoms with Gasteiger partial charge in [-0.05, 0) is 36.2 Å². The van der Waals surface area contributed by atoms with E-state index in [0.29, 0.717) is 12.1 Å². The largest absolute Gasteiger partial charge is 0.472 e. The molecule has 1 amide bonds. The van der Waals surface area contributed by atoms with Crippen LogP contribution in [0, 0.1) is 0 Å². The molecule has 1 aliphatic heterocycles. The van der Waals surface area contributed by atoms with Gasteiger partial charge in [-0.15, -0.1) is 0 Å². The highest BCUT2D eigenvalue weighted by Gasteiger charge is 2.21. The Balaban J connectivity index is 1.48. The molecule has 1 saturated heterocycles. The van der Waals surface area contributed by atoms with E-state index in [9.17, 15) is 4.79 Å². The second kappa shape index (κ2) is 7.39. The Kier molecular flexibility index (Phi) is 4.64. The van der Waals surface area contributed by atoms with Crippen LogP contribution in [-0.2, 0) is 0 Å². The maximum Gasteiger partial charge on any atom is 0.253 e. The second-order valence-electron chi connectivity index (χ2n) is 6.27. The van der Waals surface area contributed by atoms with Gasteiger partial charge in [0.2, 0.25) is 5.95 Å². The first-order chi connectivity index (χ1) is 12.8. The molecule has 26 heavy (non-hydrogen) atoms. The maximum absolute atomic E-state index is 13.0. The number of hydrogen-bond donors (Lipinski definition) is 0. The maximum atomic E-state index is 13.0. The average molecular weight is 348 g/mol. The molecular formula is C20H20N4O2. The van der Waals surface area contributed by atoms with E-state index in [4.69, 9.17) is 4.42 Å². The second-order valence-corrected chi connectivity index (χ2v) is 6.27. The van der Waals surface area contributed by atoms with Gasteiger partial charge >= 0.3 is 0 Å². The van der Waals surface area contributed by atoms with Gasteiger partial charge in [0, 0.05) is 49.7 Å². The zero-order valence-electron chi connectivity index (χ0n) is 14.4. The zero-order chi connectivity index (χ0) is 17.8. The van der Waals surface area contributed by atoms with Crippen molar-refractivity contribution in [2.75, 3.05) is 31.1 Å². The van der Waals surface area contributed by atoms with E-state index in [-0.39, 0.29) is 5.91 Å². The Morgan fingerprint density at radius 1 is 0.962 bits per heavy atom. The number of carbonyl (C=O) groups is 1. The molecule has 6 heteroatoms. The van der Waals surface area contributed by atoms with Gasteiger partial charge in [0.05, 0.1) is 12.5 Å². The SMILES string of the molecule is O=C(c1cccc(-c2ccoc2)c1)N1CCCN(c2ncccn2)CC1. The van der Waals surface area contributed by atoms with Crippen LogP contribution in [0.1, 0.15) is 16.8 Å². The van der Waals surface area contributed by atoms with Crippen molar-refractivity contribution < 1.29 is 9.21 Å². The van der Waals surface area contributed by atoms with Gasteiger partial charge in [-0.1, -0.05) is 12.1 Å². The molecule has 1 aliphatic rings. The summed E-state index contributed by atoms with van der Waals surface area (Å²) >= 11 is 0. The van der Waals surface area contributed by atoms with Crippen molar-refractivity contribution in [2.45, 2.75) is 6.42 Å². The molecule has 0 bridgehead atoms. The van der Waals surface area contributed by atoms with Crippen LogP contribution in [0.2, 0.25) is 0 Å². The van der Waals surface area contributed by atoms with Crippen molar-refractivity contribution in [1.29, 1.82) is 0 Å². The molecule has 6 nitrogen and oxygen atoms in total. The molecule has 0 spiro atoms. The fourth-order valence-electron chi connectivity index (χ4n) is 3.22. The van der Waals surface area contributed by atoms with Gasteiger partial charge in [-0.2, -0.15) is 0 Å². The highest BCUT2D eigenvalue weighted by atomic mass is 16.3. The molecule has 3 heterocycles. The number of nitrogens with zero attached hydrogens (tertiary/aromatic N) is 4. The van der Waals surface area contributed by atoms with E-state index in [1.54, 1.807) is 24.9 Å². The Morgan fingerprint density at radius 2 is 1.85 bits per heavy atom. The van der Waals surface area contributed by atoms with Crippen molar-refractivity contribution in [3.63, 3.8) is 0 Å². The minimum absolute atomic E-state index is 0.0613. The smallest absolute Gasteiger partial charge is 0.253 e. The molecule has 132 valence electrons. The lowest BCUT2D eigenvalue weighted by Crippen LogP contribution is -2.35. The average Bonchev–Trinajstić information content (AvgIpc) is 3.13. The summed E-state index contributed by atoms with van der Waals surface area (Å²) in [6.45, 7) is 2.98. The Bertz CT molecular complexity index is 865. The summed E-state index contributed by atoms with van der Waals surface area (Å²) in [4.78, 5) is 25.6. The summed E-state index contributed by atoms with van der Waals surface area (Å²) in [6.07, 6.45) is 7.71. The summed E-state index contributed by atoms with van der Waals surface area (Å²) in [5, 5.41) is 0. The molecule has 1 aromatic carbocycles. The molecule has 0 saturated carbocycles. The number of benzene rings is 1. The quantitative estimate of drug-likeness (QED) is 0.728. The van der Waals surface area contributed by atoms with E-state index in [0.717, 1.165) is 43.1 Å². The molecule has 0 aliphatic carbocycles. The Labute approximate surface area is 152 Å². The van der Waals surface area contributed by atoms with Crippen molar-refractivity contribution in [1.82, 2.24) is 14.9 Å². The lowest BCUT2D eigenvalue weighted by Gasteiger charge is -2.22. The van der Waals surface area contributed by atoms with Gasteiger partial charge in [-0.25, -0.2) is 9.97 Å². The van der Waals surface area contributed by atoms with E-state index in [1.807, 2.05) is 41.3 Å². The predicted molar refractivity (Wildman–Crippen MR) is 98.9 cm³/mol. The van der Waals surface area contributed by atoms with Gasteiger partial charge in [0.1, 0.15) is 0 Å². The normalized spacial score (nSPS) is 14.9. The van der Waals surface area contributed by atoms with Gasteiger partial charge < -0.3 is 14.2 Å². The lowest BCUT2D eigenvalue weighted by molar-refractivity contribution is 0.0767. The monoisotopic (exact) mass is 348 g/mol. The van der Waals surface area contributed by atoms with E-state index in [2.05, 4.69) is 14.9 Å². The fraction of sp³-hybridized carbons (Fsp3) is 0.250. The molecular weight excluding hydrogens is 328 g/mol. The summed E-state index contributed by atoms with van der Waals surface area (Å²) in [5.41, 5.74) is 2.66. The molecule has 0 atom stereocenters. The minimum atomic E-state index is 0.0613. The van der Waals surface area contributed by atoms with Crippen LogP contribution >= 0.6 is 0 Å². The van der Waals surface area contributed by atoms with Gasteiger partial charge in [0.25, 0.3) is 5.91 Å². The van der Waals surface area contributed by atoms with Crippen molar-refractivity contribution in [3.8, 4) is 11.1 Å². The van der Waals surface area contributed by atoms with Crippen LogP contribution in [0.5, 0.6) is 0 Å². The van der Waals surface area contributed by atoms with Gasteiger partial charge in [0.15, 0.2) is 0 Å². The van der Waals surface area contributed by atoms with Crippen LogP contribution < -0.4 is 4.90 Å². The Hall–Kier alpha value is -3.15. The number of hydrogen-bond acceptors (Lipinski definition) is 5. The summed E-state index contributed by atoms with van der Waals surface area (Å²) in [7, 11) is 0. The highest BCUT2D eigenvalue weighted by Crippen LogP contribution is 2.22. The minimum Gasteiger partial charge on any atom is -0.472 e. The Morgan fingerprint density at radius 3 is 2.65 bits per heavy atom. The van der Waals surface area contributed by atoms with E-state index in [1.165, 1.54) is 0 Å². The highest BCUT2D eigenvalue weighted by molar-refractivity contribution is 5.95. The number of carbonyl (C=O) groups excluding carboxylic acids is 1. The summed E-state index contributed by atoms with van der Waals surface area (Å²) < 4.78 is 5.14. The number of anilines is 1. The standard InChI is InChI=1S/C20H20N4O2/c25-19(17-5-1-4-16(14-17)18-6-13-26-15-18)23-9-3-10-24(12-11-23)20-21-7-2-8-22-20/h1-2,4-8,13-15H,3,9-12H2. The van der Waals surface area contributed by atoms with Crippen LogP contribution in [0.25, 0.3) is 11.1 Å². The lowest BCUT2D eigenvalue weighted by atomic mass is 10.1. The summed E-state index contributed by atoms with van der Waals surface area (Å²) in [6, 6.07) is 11.4. The topological polar surface area (TPSA) is 62.5 Å². The first-order valence-corrected chi connectivity index (χ1v) is 8.75. The summed E-state index contributed by atoms with van der Waals surface area (Å²) in [5.74, 6) is 0.787. The van der Waals surface area contributed by atoms with Crippen molar-refractivity contribution >= 4 is 11.9 Å². The first-order valence-electron chi connectivity index (χ1n) is 8.75. The van der Waals surface area contributed by atoms with Crippen LogP contribution in [0.3, 0.4) is 0 Å². The molecule has 0 N–H and O–H groups in total. The molecule has 2 aromatic heterocycles. The number of amides is 1. The van der Waals surface area contributed by atoms with E-state index < -0.39 is 0 Å². The number of aromatic nitrogens is 2. The zero-order valence-corrected chi connectivity index (χ0v) is 14.4. The van der Waals surface area contributed by atoms with Crippen molar-refractivity contribution in [2.24, 2.45) is 0 Å².